The van der Waals surface area contributed by atoms with Crippen molar-refractivity contribution in [3.63, 3.8) is 0 Å². The van der Waals surface area contributed by atoms with Gasteiger partial charge in [-0.15, -0.1) is 0 Å². The zero-order valence-corrected chi connectivity index (χ0v) is 18.7. The number of anilines is 1. The number of nitrogens with zero attached hydrogens (tertiary/aromatic N) is 2. The Labute approximate surface area is 183 Å². The van der Waals surface area contributed by atoms with Gasteiger partial charge in [-0.1, -0.05) is 44.8 Å². The van der Waals surface area contributed by atoms with E-state index in [9.17, 15) is 13.3 Å². The van der Waals surface area contributed by atoms with E-state index in [4.69, 9.17) is 27.7 Å². The third-order valence-corrected chi connectivity index (χ3v) is 6.75. The first-order valence-corrected chi connectivity index (χ1v) is 11.3. The minimum absolute atomic E-state index is 0.0815. The second kappa shape index (κ2) is 8.70. The molecule has 0 aliphatic carbocycles. The van der Waals surface area contributed by atoms with Crippen LogP contribution in [0.15, 0.2) is 51.5 Å². The molecule has 1 unspecified atom stereocenters. The molecule has 0 radical (unpaired) electrons. The highest BCUT2D eigenvalue weighted by atomic mass is 79.9. The first-order valence-electron chi connectivity index (χ1n) is 8.12. The number of alkyl halides is 3. The Balaban J connectivity index is 1.90. The highest BCUT2D eigenvalue weighted by Gasteiger charge is 2.36. The molecule has 3 rings (SSSR count). The predicted molar refractivity (Wildman–Crippen MR) is 111 cm³/mol. The van der Waals surface area contributed by atoms with Crippen molar-refractivity contribution >= 4 is 57.6 Å². The monoisotopic (exact) mass is 525 g/mol. The van der Waals surface area contributed by atoms with Crippen LogP contribution in [0.5, 0.6) is 0 Å². The molecule has 0 aliphatic rings. The molecule has 2 aromatic carbocycles. The lowest BCUT2D eigenvalue weighted by atomic mass is 10.2. The minimum Gasteiger partial charge on any atom is -0.331 e. The Morgan fingerprint density at radius 2 is 1.97 bits per heavy atom. The van der Waals surface area contributed by atoms with Crippen LogP contribution in [0.4, 0.5) is 14.5 Å². The van der Waals surface area contributed by atoms with Gasteiger partial charge in [0.2, 0.25) is 5.82 Å². The molecule has 1 atom stereocenters. The maximum atomic E-state index is 13.4. The van der Waals surface area contributed by atoms with Crippen molar-refractivity contribution in [3.8, 4) is 11.4 Å². The summed E-state index contributed by atoms with van der Waals surface area (Å²) in [5, 5.41) is 3.29. The molecule has 1 heterocycles. The van der Waals surface area contributed by atoms with Crippen LogP contribution in [0.1, 0.15) is 12.8 Å². The quantitative estimate of drug-likeness (QED) is 0.283. The van der Waals surface area contributed by atoms with Gasteiger partial charge in [0.25, 0.3) is 0 Å². The number of benzene rings is 2. The molecule has 1 N–H and O–H groups in total. The summed E-state index contributed by atoms with van der Waals surface area (Å²) < 4.78 is 50.3. The number of hydrogen-bond acceptors (Lipinski definition) is 5. The van der Waals surface area contributed by atoms with Crippen LogP contribution in [0.25, 0.3) is 11.4 Å². The van der Waals surface area contributed by atoms with Gasteiger partial charge in [-0.25, -0.2) is 0 Å². The molecule has 1 aromatic heterocycles. The van der Waals surface area contributed by atoms with Crippen molar-refractivity contribution < 1.29 is 22.4 Å². The summed E-state index contributed by atoms with van der Waals surface area (Å²) in [4.78, 5) is 3.57. The van der Waals surface area contributed by atoms with E-state index >= 15 is 0 Å². The molecule has 0 saturated heterocycles. The van der Waals surface area contributed by atoms with Gasteiger partial charge in [0, 0.05) is 10.0 Å². The summed E-state index contributed by atoms with van der Waals surface area (Å²) in [7, 11) is -3.52. The Morgan fingerprint density at radius 3 is 2.52 bits per heavy atom. The summed E-state index contributed by atoms with van der Waals surface area (Å²) in [6.07, 6.45) is 0. The number of hydrogen-bond donors (Lipinski definition) is 1. The van der Waals surface area contributed by atoms with E-state index in [0.29, 0.717) is 21.6 Å². The average molecular weight is 527 g/mol. The van der Waals surface area contributed by atoms with Crippen LogP contribution in [0.2, 0.25) is 5.02 Å². The smallest absolute Gasteiger partial charge is 0.331 e. The van der Waals surface area contributed by atoms with Gasteiger partial charge in [0.15, 0.2) is 0 Å². The molecule has 0 bridgehead atoms. The van der Waals surface area contributed by atoms with Gasteiger partial charge < -0.3 is 14.1 Å². The summed E-state index contributed by atoms with van der Waals surface area (Å²) in [6, 6.07) is 11.1. The Bertz CT molecular complexity index is 1060. The summed E-state index contributed by atoms with van der Waals surface area (Å²) >= 11 is 14.4. The van der Waals surface area contributed by atoms with Crippen molar-refractivity contribution in [2.75, 3.05) is 11.7 Å². The van der Waals surface area contributed by atoms with E-state index in [1.807, 2.05) is 0 Å². The zero-order chi connectivity index (χ0) is 21.2. The summed E-state index contributed by atoms with van der Waals surface area (Å²) in [5.74, 6) is -1.09. The van der Waals surface area contributed by atoms with Gasteiger partial charge in [-0.3, -0.25) is 4.57 Å². The third-order valence-electron chi connectivity index (χ3n) is 3.64. The molecule has 154 valence electrons. The van der Waals surface area contributed by atoms with Crippen LogP contribution in [-0.2, 0) is 14.5 Å². The molecule has 0 saturated carbocycles. The van der Waals surface area contributed by atoms with Gasteiger partial charge in [0.05, 0.1) is 22.6 Å². The van der Waals surface area contributed by atoms with E-state index < -0.39 is 18.8 Å². The van der Waals surface area contributed by atoms with Crippen molar-refractivity contribution in [3.05, 3.63) is 57.9 Å². The number of nitrogens with one attached hydrogen (secondary N) is 1. The van der Waals surface area contributed by atoms with E-state index in [-0.39, 0.29) is 12.4 Å². The van der Waals surface area contributed by atoms with Crippen LogP contribution < -0.4 is 10.4 Å². The second-order valence-corrected chi connectivity index (χ2v) is 9.57. The van der Waals surface area contributed by atoms with Crippen molar-refractivity contribution in [2.45, 2.75) is 12.3 Å². The maximum Gasteiger partial charge on any atom is 0.400 e. The second-order valence-electron chi connectivity index (χ2n) is 5.67. The molecule has 0 amide bonds. The van der Waals surface area contributed by atoms with Crippen LogP contribution in [-0.4, -0.2) is 16.7 Å². The maximum absolute atomic E-state index is 13.4. The number of rotatable bonds is 7. The van der Waals surface area contributed by atoms with Crippen molar-refractivity contribution in [1.82, 2.24) is 10.1 Å². The third kappa shape index (κ3) is 5.16. The lowest BCUT2D eigenvalue weighted by Gasteiger charge is -2.21. The van der Waals surface area contributed by atoms with Gasteiger partial charge >= 0.3 is 18.8 Å². The van der Waals surface area contributed by atoms with E-state index in [1.54, 1.807) is 25.1 Å². The molecule has 29 heavy (non-hydrogen) atoms. The molecule has 6 nitrogen and oxygen atoms in total. The van der Waals surface area contributed by atoms with Crippen molar-refractivity contribution in [2.24, 2.45) is 0 Å². The Hall–Kier alpha value is -1.51. The van der Waals surface area contributed by atoms with Crippen LogP contribution >= 0.6 is 46.7 Å². The molecule has 12 heteroatoms. The minimum atomic E-state index is -3.76. The first-order chi connectivity index (χ1) is 13.6. The van der Waals surface area contributed by atoms with Crippen molar-refractivity contribution in [1.29, 1.82) is 0 Å². The Kier molecular flexibility index (Phi) is 6.65. The topological polar surface area (TPSA) is 77.2 Å². The highest BCUT2D eigenvalue weighted by molar-refractivity contribution is 9.10. The van der Waals surface area contributed by atoms with E-state index in [2.05, 4.69) is 35.7 Å². The average Bonchev–Trinajstić information content (AvgIpc) is 3.15. The molecular formula is C17H13BrCl2F2N3O3P. The molecule has 0 fully saturated rings. The molecule has 0 spiro atoms. The number of aromatic nitrogens is 2. The van der Waals surface area contributed by atoms with Gasteiger partial charge in [-0.2, -0.15) is 13.8 Å². The Morgan fingerprint density at radius 1 is 1.28 bits per heavy atom. The molecule has 3 aromatic rings. The SMILES string of the molecule is CCOP(=O)(Nc1ccc(Br)cc1Cl)c1ccc(-c2noc(C(F)(F)Cl)n2)cc1. The normalized spacial score (nSPS) is 13.9. The first kappa shape index (κ1) is 22.2. The zero-order valence-electron chi connectivity index (χ0n) is 14.7. The van der Waals surface area contributed by atoms with Gasteiger partial charge in [-0.05, 0) is 48.9 Å². The molecular weight excluding hydrogens is 514 g/mol. The largest absolute Gasteiger partial charge is 0.400 e. The fourth-order valence-corrected chi connectivity index (χ4v) is 4.98. The summed E-state index contributed by atoms with van der Waals surface area (Å²) in [5.41, 5.74) is 0.803. The van der Waals surface area contributed by atoms with E-state index in [1.165, 1.54) is 24.3 Å². The lowest BCUT2D eigenvalue weighted by Crippen LogP contribution is -2.14. The van der Waals surface area contributed by atoms with Crippen LogP contribution in [0.3, 0.4) is 0 Å². The highest BCUT2D eigenvalue weighted by Crippen LogP contribution is 2.47. The van der Waals surface area contributed by atoms with Gasteiger partial charge in [0.1, 0.15) is 0 Å². The predicted octanol–water partition coefficient (Wildman–Crippen LogP) is 6.41. The van der Waals surface area contributed by atoms with Crippen LogP contribution in [0, 0.1) is 0 Å². The number of halogens is 5. The van der Waals surface area contributed by atoms with E-state index in [0.717, 1.165) is 4.47 Å². The fourth-order valence-electron chi connectivity index (χ4n) is 2.35. The lowest BCUT2D eigenvalue weighted by molar-refractivity contribution is 0.0551. The standard InChI is InChI=1S/C17H13BrCl2F2N3O3P/c1-2-27-29(26,25-14-8-5-11(18)9-13(14)19)12-6-3-10(4-7-12)15-23-16(28-24-15)17(20,21)22/h3-9H,2H2,1H3,(H,25,26). The fraction of sp³-hybridized carbons (Fsp3) is 0.176. The summed E-state index contributed by atoms with van der Waals surface area (Å²) in [6.45, 7) is 1.89. The molecule has 0 aliphatic heterocycles.